The Hall–Kier alpha value is -17.8. The number of benzene rings is 21. The number of fused-ring (bicyclic) bond motifs is 18. The van der Waals surface area contributed by atoms with E-state index in [9.17, 15) is 0 Å². The van der Waals surface area contributed by atoms with Crippen LogP contribution in [0.2, 0.25) is 0 Å². The Labute approximate surface area is 783 Å². The molecule has 27 aromatic rings. The Balaban J connectivity index is 0.000000108. The molecule has 0 aliphatic rings. The number of hydrogen-bond acceptors (Lipinski definition) is 6. The minimum Gasteiger partial charge on any atom is -0.456 e. The molecular formula is C126H84N6O2S. The highest BCUT2D eigenvalue weighted by molar-refractivity contribution is 7.25. The molecule has 0 amide bonds. The molecule has 0 spiro atoms. The number of para-hydroxylation sites is 11. The first-order valence-corrected chi connectivity index (χ1v) is 46.7. The summed E-state index contributed by atoms with van der Waals surface area (Å²) < 4.78 is 22.4. The lowest BCUT2D eigenvalue weighted by atomic mass is 9.97. The molecule has 0 bridgehead atoms. The molecule has 0 saturated heterocycles. The lowest BCUT2D eigenvalue weighted by Crippen LogP contribution is -2.12. The highest BCUT2D eigenvalue weighted by atomic mass is 32.1. The lowest BCUT2D eigenvalue weighted by Gasteiger charge is -2.29. The summed E-state index contributed by atoms with van der Waals surface area (Å²) in [5.74, 6) is 0. The fraction of sp³-hybridized carbons (Fsp3) is 0. The number of nitrogens with zero attached hydrogens (tertiary/aromatic N) is 6. The summed E-state index contributed by atoms with van der Waals surface area (Å²) in [5.41, 5.74) is 31.0. The number of hydrogen-bond donors (Lipinski definition) is 0. The van der Waals surface area contributed by atoms with Gasteiger partial charge in [0.15, 0.2) is 0 Å². The van der Waals surface area contributed by atoms with Crippen LogP contribution in [0.3, 0.4) is 0 Å². The molecule has 6 aromatic heterocycles. The van der Waals surface area contributed by atoms with Gasteiger partial charge in [-0.2, -0.15) is 0 Å². The van der Waals surface area contributed by atoms with Gasteiger partial charge in [-0.25, -0.2) is 0 Å². The molecule has 0 N–H and O–H groups in total. The van der Waals surface area contributed by atoms with Gasteiger partial charge in [0.2, 0.25) is 0 Å². The smallest absolute Gasteiger partial charge is 0.137 e. The van der Waals surface area contributed by atoms with E-state index in [1.165, 1.54) is 102 Å². The van der Waals surface area contributed by atoms with E-state index < -0.39 is 0 Å². The molecule has 6 heterocycles. The Bertz CT molecular complexity index is 8750. The van der Waals surface area contributed by atoms with Crippen molar-refractivity contribution in [3.05, 3.63) is 510 Å². The van der Waals surface area contributed by atoms with E-state index in [-0.39, 0.29) is 0 Å². The van der Waals surface area contributed by atoms with Crippen molar-refractivity contribution in [2.24, 2.45) is 0 Å². The van der Waals surface area contributed by atoms with Crippen LogP contribution in [0.1, 0.15) is 0 Å². The molecule has 0 fully saturated rings. The first-order valence-electron chi connectivity index (χ1n) is 45.9. The SMILES string of the molecule is c1ccc(-c2ccc3c(c2N(c2ccccc2)c2ccc4c(c2)oc2ccccc24)c2ccccc2n3-c2ccccc2)cc1.c1ccc(-c2ccc3c(c2N(c2ccccc2)c2ccc4c(c2)sc2ccccc24)c2ccccc2n3-c2ccccc2)cc1.c1ccc(-c2ccc3c(c2N(c2ccccc2)c2ccc4oc5ccccc5c4c2)c2ccccc2n3-c2ccccc2)cc1. The molecule has 0 unspecified atom stereocenters. The minimum absolute atomic E-state index is 0.870. The normalized spacial score (nSPS) is 11.6. The van der Waals surface area contributed by atoms with Gasteiger partial charge in [0.05, 0.1) is 50.2 Å². The molecule has 21 aromatic carbocycles. The van der Waals surface area contributed by atoms with Crippen molar-refractivity contribution < 1.29 is 8.83 Å². The van der Waals surface area contributed by atoms with E-state index in [1.54, 1.807) is 0 Å². The average Bonchev–Trinajstić information content (AvgIpc) is 1.58. The molecule has 636 valence electrons. The van der Waals surface area contributed by atoms with Crippen LogP contribution in [0.5, 0.6) is 0 Å². The van der Waals surface area contributed by atoms with Crippen molar-refractivity contribution in [2.75, 3.05) is 14.7 Å². The second-order valence-electron chi connectivity index (χ2n) is 34.1. The lowest BCUT2D eigenvalue weighted by molar-refractivity contribution is 0.668. The summed E-state index contributed by atoms with van der Waals surface area (Å²) in [5, 5.41) is 14.4. The summed E-state index contributed by atoms with van der Waals surface area (Å²) >= 11 is 1.86. The predicted molar refractivity (Wildman–Crippen MR) is 570 cm³/mol. The van der Waals surface area contributed by atoms with Crippen LogP contribution >= 0.6 is 11.3 Å². The standard InChI is InChI=1S/2C42H28N2O.C42H28N2S/c1-4-14-29(15-5-1)33-25-26-38-41(35-21-10-12-22-37(35)44(38)31-18-8-3-9-19-31)42(33)43(30-16-6-2-7-17-30)32-24-27-40-36(28-32)34-20-11-13-23-39(34)45-40;2*1-4-14-29(15-5-1)33-26-27-38-41(36-21-10-12-22-37(36)44(38)31-18-8-3-9-19-31)42(33)43(30-16-6-2-7-17-30)32-24-25-35-34-20-11-13-23-39(34)45-40(35)28-32/h3*1-28H. The van der Waals surface area contributed by atoms with Crippen molar-refractivity contribution in [1.82, 2.24) is 13.7 Å². The number of rotatable bonds is 15. The van der Waals surface area contributed by atoms with E-state index in [0.29, 0.717) is 0 Å². The summed E-state index contributed by atoms with van der Waals surface area (Å²) in [7, 11) is 0. The molecule has 0 aliphatic heterocycles. The van der Waals surface area contributed by atoms with Gasteiger partial charge in [-0.15, -0.1) is 11.3 Å². The average molecular weight is 1750 g/mol. The number of furan rings is 2. The first-order chi connectivity index (χ1) is 67.0. The third-order valence-corrected chi connectivity index (χ3v) is 27.4. The number of thiophene rings is 1. The molecule has 0 aliphatic carbocycles. The second-order valence-corrected chi connectivity index (χ2v) is 35.2. The highest BCUT2D eigenvalue weighted by Crippen LogP contribution is 2.55. The summed E-state index contributed by atoms with van der Waals surface area (Å²) in [6.45, 7) is 0. The molecule has 0 radical (unpaired) electrons. The van der Waals surface area contributed by atoms with Crippen molar-refractivity contribution >= 4 is 192 Å². The molecule has 135 heavy (non-hydrogen) atoms. The predicted octanol–water partition coefficient (Wildman–Crippen LogP) is 35.9. The largest absolute Gasteiger partial charge is 0.456 e. The maximum Gasteiger partial charge on any atom is 0.137 e. The Morgan fingerprint density at radius 2 is 0.452 bits per heavy atom. The van der Waals surface area contributed by atoms with E-state index >= 15 is 0 Å². The zero-order valence-corrected chi connectivity index (χ0v) is 74.2. The fourth-order valence-corrected chi connectivity index (χ4v) is 21.6. The molecule has 8 nitrogen and oxygen atoms in total. The van der Waals surface area contributed by atoms with Crippen LogP contribution in [-0.2, 0) is 0 Å². The molecular weight excluding hydrogens is 1660 g/mol. The Morgan fingerprint density at radius 3 is 0.859 bits per heavy atom. The third-order valence-electron chi connectivity index (χ3n) is 26.3. The molecule has 27 rings (SSSR count). The van der Waals surface area contributed by atoms with E-state index in [2.05, 4.69) is 514 Å². The molecule has 0 saturated carbocycles. The van der Waals surface area contributed by atoms with E-state index in [4.69, 9.17) is 8.83 Å². The molecule has 9 heteroatoms. The van der Waals surface area contributed by atoms with Gasteiger partial charge in [-0.3, -0.25) is 0 Å². The van der Waals surface area contributed by atoms with Gasteiger partial charge in [-0.1, -0.05) is 334 Å². The summed E-state index contributed by atoms with van der Waals surface area (Å²) in [6.07, 6.45) is 0. The maximum absolute atomic E-state index is 6.42. The summed E-state index contributed by atoms with van der Waals surface area (Å²) in [4.78, 5) is 7.29. The Morgan fingerprint density at radius 1 is 0.170 bits per heavy atom. The van der Waals surface area contributed by atoms with Gasteiger partial charge in [0.25, 0.3) is 0 Å². The van der Waals surface area contributed by atoms with Crippen molar-refractivity contribution in [3.8, 4) is 50.4 Å². The van der Waals surface area contributed by atoms with E-state index in [1.807, 2.05) is 35.6 Å². The zero-order chi connectivity index (χ0) is 89.2. The van der Waals surface area contributed by atoms with Gasteiger partial charge in [0, 0.05) is 148 Å². The van der Waals surface area contributed by atoms with Crippen LogP contribution in [0, 0.1) is 0 Å². The number of anilines is 9. The van der Waals surface area contributed by atoms with Crippen molar-refractivity contribution in [1.29, 1.82) is 0 Å². The fourth-order valence-electron chi connectivity index (χ4n) is 20.5. The van der Waals surface area contributed by atoms with Gasteiger partial charge >= 0.3 is 0 Å². The monoisotopic (exact) mass is 1740 g/mol. The molecule has 0 atom stereocenters. The van der Waals surface area contributed by atoms with Crippen molar-refractivity contribution in [2.45, 2.75) is 0 Å². The van der Waals surface area contributed by atoms with Crippen LogP contribution in [0.25, 0.3) is 180 Å². The quantitative estimate of drug-likeness (QED) is 0.102. The van der Waals surface area contributed by atoms with Gasteiger partial charge < -0.3 is 37.2 Å². The van der Waals surface area contributed by atoms with Crippen LogP contribution < -0.4 is 14.7 Å². The van der Waals surface area contributed by atoms with Crippen LogP contribution in [0.15, 0.2) is 518 Å². The first kappa shape index (κ1) is 79.4. The zero-order valence-electron chi connectivity index (χ0n) is 73.4. The summed E-state index contributed by atoms with van der Waals surface area (Å²) in [6, 6.07) is 182. The highest BCUT2D eigenvalue weighted by Gasteiger charge is 2.31. The van der Waals surface area contributed by atoms with Crippen LogP contribution in [-0.4, -0.2) is 13.7 Å². The third kappa shape index (κ3) is 13.9. The van der Waals surface area contributed by atoms with Crippen molar-refractivity contribution in [3.63, 3.8) is 0 Å². The van der Waals surface area contributed by atoms with Gasteiger partial charge in [0.1, 0.15) is 22.3 Å². The van der Waals surface area contributed by atoms with Gasteiger partial charge in [-0.05, 0) is 187 Å². The van der Waals surface area contributed by atoms with Crippen LogP contribution in [0.4, 0.5) is 51.2 Å². The Kier molecular flexibility index (Phi) is 20.0. The second kappa shape index (κ2) is 33.9. The maximum atomic E-state index is 6.42. The van der Waals surface area contributed by atoms with E-state index in [0.717, 1.165) is 129 Å². The minimum atomic E-state index is 0.870. The topological polar surface area (TPSA) is 50.8 Å². The number of aromatic nitrogens is 3.